The number of unbranched alkanes of at least 4 members (excludes halogenated alkanes) is 1. The summed E-state index contributed by atoms with van der Waals surface area (Å²) >= 11 is 0. The summed E-state index contributed by atoms with van der Waals surface area (Å²) in [5.41, 5.74) is 7.04. The second-order valence-electron chi connectivity index (χ2n) is 8.54. The van der Waals surface area contributed by atoms with Crippen LogP contribution < -0.4 is 4.90 Å². The minimum Gasteiger partial charge on any atom is -0.330 e. The number of allylic oxidation sites excluding steroid dienone is 2. The number of hydrogen-bond donors (Lipinski definition) is 0. The fourth-order valence-electron chi connectivity index (χ4n) is 4.53. The number of anilines is 1. The van der Waals surface area contributed by atoms with E-state index in [2.05, 4.69) is 18.2 Å². The molecule has 5 rings (SSSR count). The van der Waals surface area contributed by atoms with Gasteiger partial charge < -0.3 is 9.74 Å². The summed E-state index contributed by atoms with van der Waals surface area (Å²) in [6.07, 6.45) is 2.35. The van der Waals surface area contributed by atoms with Gasteiger partial charge in [0.2, 0.25) is 5.91 Å². The minimum atomic E-state index is -0.634. The molecule has 7 heteroatoms. The normalized spacial score (nSPS) is 16.6. The molecule has 0 radical (unpaired) electrons. The van der Waals surface area contributed by atoms with E-state index in [-0.39, 0.29) is 31.6 Å². The SMILES string of the molecule is O=C(CCCCC(=O)N1Cc2ccccc2C2=C(C2)c2ccccc21)ON1C(=O)CCC1=O. The Balaban J connectivity index is 1.23. The van der Waals surface area contributed by atoms with Gasteiger partial charge in [-0.05, 0) is 47.6 Å². The van der Waals surface area contributed by atoms with E-state index in [1.54, 1.807) is 0 Å². The largest absolute Gasteiger partial charge is 0.333 e. The molecule has 2 aliphatic heterocycles. The van der Waals surface area contributed by atoms with Crippen molar-refractivity contribution in [2.24, 2.45) is 0 Å². The van der Waals surface area contributed by atoms with Crippen molar-refractivity contribution in [1.82, 2.24) is 5.06 Å². The predicted molar refractivity (Wildman–Crippen MR) is 121 cm³/mol. The third kappa shape index (κ3) is 4.18. The van der Waals surface area contributed by atoms with Gasteiger partial charge in [-0.25, -0.2) is 4.79 Å². The fraction of sp³-hybridized carbons (Fsp3) is 0.308. The molecule has 0 N–H and O–H groups in total. The number of benzene rings is 2. The number of para-hydroxylation sites is 1. The van der Waals surface area contributed by atoms with Gasteiger partial charge in [-0.1, -0.05) is 42.5 Å². The maximum atomic E-state index is 13.3. The van der Waals surface area contributed by atoms with Crippen LogP contribution in [0.15, 0.2) is 48.5 Å². The standard InChI is InChI=1S/C26H24N2O5/c29-23(11-5-6-12-26(32)33-28-24(30)13-14-25(28)31)27-16-17-7-1-2-8-18(17)20-15-21(20)19-9-3-4-10-22(19)27/h1-4,7-10H,5-6,11-16H2. The Morgan fingerprint density at radius 3 is 2.24 bits per heavy atom. The van der Waals surface area contributed by atoms with Crippen molar-refractivity contribution < 1.29 is 24.0 Å². The highest BCUT2D eigenvalue weighted by Gasteiger charge is 2.34. The lowest BCUT2D eigenvalue weighted by Crippen LogP contribution is -2.32. The summed E-state index contributed by atoms with van der Waals surface area (Å²) in [6.45, 7) is 0.504. The predicted octanol–water partition coefficient (Wildman–Crippen LogP) is 4.02. The molecule has 3 amide bonds. The lowest BCUT2D eigenvalue weighted by Gasteiger charge is -2.27. The highest BCUT2D eigenvalue weighted by molar-refractivity contribution is 6.12. The van der Waals surface area contributed by atoms with Crippen LogP contribution in [-0.4, -0.2) is 28.8 Å². The van der Waals surface area contributed by atoms with Crippen LogP contribution in [0.3, 0.4) is 0 Å². The Kier molecular flexibility index (Phi) is 5.54. The summed E-state index contributed by atoms with van der Waals surface area (Å²) in [7, 11) is 0. The molecular weight excluding hydrogens is 420 g/mol. The molecule has 0 saturated carbocycles. The van der Waals surface area contributed by atoms with Crippen LogP contribution in [0.25, 0.3) is 11.1 Å². The van der Waals surface area contributed by atoms with E-state index >= 15 is 0 Å². The molecule has 0 aromatic heterocycles. The third-order valence-electron chi connectivity index (χ3n) is 6.31. The summed E-state index contributed by atoms with van der Waals surface area (Å²) in [6, 6.07) is 16.2. The van der Waals surface area contributed by atoms with Crippen molar-refractivity contribution in [2.45, 2.75) is 51.5 Å². The highest BCUT2D eigenvalue weighted by atomic mass is 16.7. The van der Waals surface area contributed by atoms with Crippen LogP contribution in [0, 0.1) is 0 Å². The van der Waals surface area contributed by atoms with E-state index in [0.29, 0.717) is 24.4 Å². The van der Waals surface area contributed by atoms with E-state index < -0.39 is 17.8 Å². The molecule has 0 unspecified atom stereocenters. The average molecular weight is 444 g/mol. The number of hydrogen-bond acceptors (Lipinski definition) is 5. The zero-order valence-electron chi connectivity index (χ0n) is 18.2. The summed E-state index contributed by atoms with van der Waals surface area (Å²) in [4.78, 5) is 55.1. The van der Waals surface area contributed by atoms with Crippen molar-refractivity contribution >= 4 is 40.5 Å². The highest BCUT2D eigenvalue weighted by Crippen LogP contribution is 2.52. The summed E-state index contributed by atoms with van der Waals surface area (Å²) < 4.78 is 0. The lowest BCUT2D eigenvalue weighted by molar-refractivity contribution is -0.197. The number of hydroxylamine groups is 2. The molecule has 0 atom stereocenters. The zero-order valence-corrected chi connectivity index (χ0v) is 18.2. The Bertz CT molecular complexity index is 1180. The maximum absolute atomic E-state index is 13.3. The van der Waals surface area contributed by atoms with Crippen LogP contribution in [-0.2, 0) is 30.6 Å². The first-order chi connectivity index (χ1) is 16.0. The van der Waals surface area contributed by atoms with Crippen LogP contribution in [0.1, 0.15) is 61.6 Å². The monoisotopic (exact) mass is 444 g/mol. The molecule has 2 heterocycles. The third-order valence-corrected chi connectivity index (χ3v) is 6.31. The molecule has 7 nitrogen and oxygen atoms in total. The average Bonchev–Trinajstić information content (AvgIpc) is 3.54. The van der Waals surface area contributed by atoms with Gasteiger partial charge in [0.1, 0.15) is 0 Å². The molecule has 1 aliphatic carbocycles. The molecule has 0 spiro atoms. The van der Waals surface area contributed by atoms with Gasteiger partial charge in [0.15, 0.2) is 0 Å². The second kappa shape index (κ2) is 8.65. The molecule has 1 fully saturated rings. The first-order valence-electron chi connectivity index (χ1n) is 11.3. The molecule has 168 valence electrons. The molecule has 33 heavy (non-hydrogen) atoms. The van der Waals surface area contributed by atoms with Crippen LogP contribution in [0.5, 0.6) is 0 Å². The van der Waals surface area contributed by atoms with E-state index in [1.165, 1.54) is 16.7 Å². The van der Waals surface area contributed by atoms with Crippen molar-refractivity contribution in [3.8, 4) is 0 Å². The smallest absolute Gasteiger partial charge is 0.330 e. The quantitative estimate of drug-likeness (QED) is 0.496. The Morgan fingerprint density at radius 2 is 1.45 bits per heavy atom. The first-order valence-corrected chi connectivity index (χ1v) is 11.3. The Morgan fingerprint density at radius 1 is 0.818 bits per heavy atom. The fourth-order valence-corrected chi connectivity index (χ4v) is 4.53. The van der Waals surface area contributed by atoms with Crippen LogP contribution in [0.2, 0.25) is 0 Å². The summed E-state index contributed by atoms with van der Waals surface area (Å²) in [5.74, 6) is -1.62. The molecule has 1 saturated heterocycles. The minimum absolute atomic E-state index is 0.000203. The number of nitrogens with zero attached hydrogens (tertiary/aromatic N) is 2. The Hall–Kier alpha value is -3.74. The number of carbonyl (C=O) groups excluding carboxylic acids is 4. The van der Waals surface area contributed by atoms with Crippen molar-refractivity contribution in [3.05, 3.63) is 65.2 Å². The van der Waals surface area contributed by atoms with E-state index in [1.807, 2.05) is 35.2 Å². The number of fused-ring (bicyclic) bond motifs is 4. The van der Waals surface area contributed by atoms with Gasteiger partial charge in [-0.15, -0.1) is 5.06 Å². The van der Waals surface area contributed by atoms with E-state index in [4.69, 9.17) is 4.84 Å². The van der Waals surface area contributed by atoms with Gasteiger partial charge in [-0.2, -0.15) is 0 Å². The van der Waals surface area contributed by atoms with Gasteiger partial charge in [0.25, 0.3) is 11.8 Å². The van der Waals surface area contributed by atoms with Crippen molar-refractivity contribution in [3.63, 3.8) is 0 Å². The number of carbonyl (C=O) groups is 4. The second-order valence-corrected chi connectivity index (χ2v) is 8.54. The van der Waals surface area contributed by atoms with Crippen molar-refractivity contribution in [1.29, 1.82) is 0 Å². The molecular formula is C26H24N2O5. The van der Waals surface area contributed by atoms with Crippen molar-refractivity contribution in [2.75, 3.05) is 4.90 Å². The topological polar surface area (TPSA) is 84.0 Å². The van der Waals surface area contributed by atoms with Crippen LogP contribution in [0.4, 0.5) is 5.69 Å². The van der Waals surface area contributed by atoms with E-state index in [0.717, 1.165) is 23.2 Å². The Labute approximate surface area is 191 Å². The van der Waals surface area contributed by atoms with E-state index in [9.17, 15) is 19.2 Å². The molecule has 2 aromatic rings. The van der Waals surface area contributed by atoms with Gasteiger partial charge in [-0.3, -0.25) is 14.4 Å². The number of amides is 3. The number of rotatable bonds is 6. The molecule has 3 aliphatic rings. The lowest BCUT2D eigenvalue weighted by atomic mass is 10.0. The first kappa shape index (κ1) is 21.1. The number of imide groups is 1. The van der Waals surface area contributed by atoms with Crippen LogP contribution >= 0.6 is 0 Å². The molecule has 0 bridgehead atoms. The van der Waals surface area contributed by atoms with Gasteiger partial charge in [0, 0.05) is 31.2 Å². The van der Waals surface area contributed by atoms with Gasteiger partial charge >= 0.3 is 5.97 Å². The summed E-state index contributed by atoms with van der Waals surface area (Å²) in [5, 5.41) is 0.558. The van der Waals surface area contributed by atoms with Gasteiger partial charge in [0.05, 0.1) is 12.2 Å². The zero-order chi connectivity index (χ0) is 22.9. The molecule has 2 aromatic carbocycles. The maximum Gasteiger partial charge on any atom is 0.333 e.